The van der Waals surface area contributed by atoms with Crippen molar-refractivity contribution in [2.45, 2.75) is 17.3 Å². The summed E-state index contributed by atoms with van der Waals surface area (Å²) in [6.45, 7) is 1.97. The molecule has 0 spiro atoms. The van der Waals surface area contributed by atoms with Crippen LogP contribution in [0.25, 0.3) is 11.3 Å². The van der Waals surface area contributed by atoms with Crippen molar-refractivity contribution in [3.63, 3.8) is 0 Å². The van der Waals surface area contributed by atoms with E-state index in [-0.39, 0.29) is 17.0 Å². The number of hydrogen-bond donors (Lipinski definition) is 2. The van der Waals surface area contributed by atoms with E-state index in [0.29, 0.717) is 11.8 Å². The molecule has 0 saturated carbocycles. The van der Waals surface area contributed by atoms with Crippen molar-refractivity contribution in [2.24, 2.45) is 0 Å². The molecular weight excluding hydrogens is 341 g/mol. The monoisotopic (exact) mass is 359 g/mol. The molecular formula is C16H18FN7S. The molecule has 130 valence electrons. The van der Waals surface area contributed by atoms with Gasteiger partial charge in [-0.2, -0.15) is 15.0 Å². The number of anilines is 2. The molecule has 25 heavy (non-hydrogen) atoms. The zero-order valence-corrected chi connectivity index (χ0v) is 14.9. The highest BCUT2D eigenvalue weighted by Gasteiger charge is 2.16. The first-order valence-electron chi connectivity index (χ1n) is 7.59. The maximum Gasteiger partial charge on any atom is 0.229 e. The number of hydrogen-bond acceptors (Lipinski definition) is 7. The number of nitrogens with two attached hydrogens (primary N) is 1. The van der Waals surface area contributed by atoms with Crippen LogP contribution in [0.2, 0.25) is 0 Å². The zero-order valence-electron chi connectivity index (χ0n) is 14.1. The predicted molar refractivity (Wildman–Crippen MR) is 96.8 cm³/mol. The number of thioether (sulfide) groups is 1. The van der Waals surface area contributed by atoms with Gasteiger partial charge in [0.15, 0.2) is 5.16 Å². The van der Waals surface area contributed by atoms with Crippen molar-refractivity contribution >= 4 is 23.7 Å². The summed E-state index contributed by atoms with van der Waals surface area (Å²) < 4.78 is 13.0. The first-order chi connectivity index (χ1) is 11.9. The molecule has 0 radical (unpaired) electrons. The SMILES string of the molecule is CC(Sc1ncc(-c2ccc(F)cc2)[nH]1)c1nc(N)nc(N(C)C)n1. The van der Waals surface area contributed by atoms with E-state index in [9.17, 15) is 4.39 Å². The lowest BCUT2D eigenvalue weighted by Crippen LogP contribution is -2.16. The minimum atomic E-state index is -0.268. The Morgan fingerprint density at radius 1 is 1.16 bits per heavy atom. The Balaban J connectivity index is 1.77. The standard InChI is InChI=1S/C16H18FN7S/c1-9(13-21-14(18)23-15(22-13)24(2)3)25-16-19-8-12(20-16)10-4-6-11(17)7-5-10/h4-9H,1-3H3,(H,19,20)(H2,18,21,22,23). The first kappa shape index (κ1) is 17.2. The van der Waals surface area contributed by atoms with Crippen molar-refractivity contribution in [3.8, 4) is 11.3 Å². The number of aromatic amines is 1. The predicted octanol–water partition coefficient (Wildman–Crippen LogP) is 2.90. The van der Waals surface area contributed by atoms with E-state index in [1.54, 1.807) is 23.2 Å². The largest absolute Gasteiger partial charge is 0.368 e. The average molecular weight is 359 g/mol. The summed E-state index contributed by atoms with van der Waals surface area (Å²) >= 11 is 1.48. The smallest absolute Gasteiger partial charge is 0.229 e. The van der Waals surface area contributed by atoms with Crippen LogP contribution in [-0.4, -0.2) is 39.0 Å². The van der Waals surface area contributed by atoms with Gasteiger partial charge in [-0.05, 0) is 36.8 Å². The average Bonchev–Trinajstić information content (AvgIpc) is 3.03. The summed E-state index contributed by atoms with van der Waals surface area (Å²) in [5, 5.41) is 0.647. The second kappa shape index (κ2) is 7.06. The third-order valence-electron chi connectivity index (χ3n) is 3.42. The van der Waals surface area contributed by atoms with Crippen LogP contribution in [0.3, 0.4) is 0 Å². The highest BCUT2D eigenvalue weighted by atomic mass is 32.2. The number of benzene rings is 1. The van der Waals surface area contributed by atoms with Crippen molar-refractivity contribution in [1.82, 2.24) is 24.9 Å². The highest BCUT2D eigenvalue weighted by molar-refractivity contribution is 7.99. The van der Waals surface area contributed by atoms with E-state index in [1.165, 1.54) is 23.9 Å². The minimum absolute atomic E-state index is 0.0729. The topological polar surface area (TPSA) is 96.6 Å². The lowest BCUT2D eigenvalue weighted by atomic mass is 10.2. The van der Waals surface area contributed by atoms with Gasteiger partial charge in [0.1, 0.15) is 11.6 Å². The van der Waals surface area contributed by atoms with Crippen molar-refractivity contribution < 1.29 is 4.39 Å². The highest BCUT2D eigenvalue weighted by Crippen LogP contribution is 2.33. The van der Waals surface area contributed by atoms with Gasteiger partial charge in [-0.3, -0.25) is 0 Å². The van der Waals surface area contributed by atoms with E-state index in [4.69, 9.17) is 5.73 Å². The molecule has 1 aromatic carbocycles. The third kappa shape index (κ3) is 4.05. The van der Waals surface area contributed by atoms with Gasteiger partial charge in [-0.15, -0.1) is 0 Å². The number of nitrogens with one attached hydrogen (secondary N) is 1. The fourth-order valence-corrected chi connectivity index (χ4v) is 2.97. The summed E-state index contributed by atoms with van der Waals surface area (Å²) in [5.74, 6) is 1.02. The lowest BCUT2D eigenvalue weighted by molar-refractivity contribution is 0.628. The third-order valence-corrected chi connectivity index (χ3v) is 4.41. The Labute approximate surface area is 148 Å². The summed E-state index contributed by atoms with van der Waals surface area (Å²) in [6, 6.07) is 6.25. The molecule has 0 aliphatic heterocycles. The fourth-order valence-electron chi connectivity index (χ4n) is 2.14. The number of rotatable bonds is 5. The molecule has 1 atom stereocenters. The molecule has 3 rings (SSSR count). The van der Waals surface area contributed by atoms with Crippen molar-refractivity contribution in [1.29, 1.82) is 0 Å². The summed E-state index contributed by atoms with van der Waals surface area (Å²) in [7, 11) is 3.69. The quantitative estimate of drug-likeness (QED) is 0.676. The summed E-state index contributed by atoms with van der Waals surface area (Å²) in [4.78, 5) is 22.1. The van der Waals surface area contributed by atoms with Gasteiger partial charge in [0.25, 0.3) is 0 Å². The molecule has 9 heteroatoms. The number of nitrogens with zero attached hydrogens (tertiary/aromatic N) is 5. The molecule has 0 fully saturated rings. The first-order valence-corrected chi connectivity index (χ1v) is 8.46. The molecule has 1 unspecified atom stereocenters. The molecule has 2 heterocycles. The molecule has 3 aromatic rings. The van der Waals surface area contributed by atoms with Gasteiger partial charge < -0.3 is 15.6 Å². The molecule has 0 aliphatic rings. The second-order valence-corrected chi connectivity index (χ2v) is 6.94. The van der Waals surface area contributed by atoms with Crippen LogP contribution in [0.5, 0.6) is 0 Å². The summed E-state index contributed by atoms with van der Waals surface area (Å²) in [6.07, 6.45) is 1.72. The molecule has 0 saturated heterocycles. The normalized spacial score (nSPS) is 12.2. The van der Waals surface area contributed by atoms with Gasteiger partial charge in [-0.25, -0.2) is 9.37 Å². The van der Waals surface area contributed by atoms with Crippen LogP contribution < -0.4 is 10.6 Å². The van der Waals surface area contributed by atoms with E-state index in [1.807, 2.05) is 21.0 Å². The van der Waals surface area contributed by atoms with E-state index in [2.05, 4.69) is 24.9 Å². The number of halogens is 1. The van der Waals surface area contributed by atoms with Crippen LogP contribution in [0.1, 0.15) is 18.0 Å². The van der Waals surface area contributed by atoms with Crippen molar-refractivity contribution in [3.05, 3.63) is 42.1 Å². The number of nitrogen functional groups attached to an aromatic ring is 1. The number of H-pyrrole nitrogens is 1. The van der Waals surface area contributed by atoms with Gasteiger partial charge in [0.05, 0.1) is 17.1 Å². The maximum atomic E-state index is 13.0. The molecule has 7 nitrogen and oxygen atoms in total. The minimum Gasteiger partial charge on any atom is -0.368 e. The van der Waals surface area contributed by atoms with Gasteiger partial charge in [0, 0.05) is 14.1 Å². The van der Waals surface area contributed by atoms with Crippen LogP contribution in [0.4, 0.5) is 16.3 Å². The second-order valence-electron chi connectivity index (χ2n) is 5.62. The Morgan fingerprint density at radius 2 is 1.88 bits per heavy atom. The Morgan fingerprint density at radius 3 is 2.56 bits per heavy atom. The van der Waals surface area contributed by atoms with E-state index >= 15 is 0 Å². The maximum absolute atomic E-state index is 13.0. The van der Waals surface area contributed by atoms with Crippen LogP contribution in [0, 0.1) is 5.82 Å². The van der Waals surface area contributed by atoms with Gasteiger partial charge in [0.2, 0.25) is 11.9 Å². The Bertz CT molecular complexity index is 863. The van der Waals surface area contributed by atoms with E-state index in [0.717, 1.165) is 16.4 Å². The van der Waals surface area contributed by atoms with Crippen LogP contribution in [-0.2, 0) is 0 Å². The number of aromatic nitrogens is 5. The Kier molecular flexibility index (Phi) is 4.84. The molecule has 3 N–H and O–H groups in total. The van der Waals surface area contributed by atoms with Crippen LogP contribution in [0.15, 0.2) is 35.6 Å². The lowest BCUT2D eigenvalue weighted by Gasteiger charge is -2.14. The molecule has 0 amide bonds. The van der Waals surface area contributed by atoms with Gasteiger partial charge in [-0.1, -0.05) is 11.8 Å². The summed E-state index contributed by atoms with van der Waals surface area (Å²) in [5.41, 5.74) is 7.46. The molecule has 0 bridgehead atoms. The molecule has 2 aromatic heterocycles. The van der Waals surface area contributed by atoms with Gasteiger partial charge >= 0.3 is 0 Å². The zero-order chi connectivity index (χ0) is 18.0. The van der Waals surface area contributed by atoms with Crippen LogP contribution >= 0.6 is 11.8 Å². The molecule has 0 aliphatic carbocycles. The van der Waals surface area contributed by atoms with E-state index < -0.39 is 0 Å². The Hall–Kier alpha value is -2.68. The number of imidazole rings is 1. The fraction of sp³-hybridized carbons (Fsp3) is 0.250. The van der Waals surface area contributed by atoms with Crippen molar-refractivity contribution in [2.75, 3.05) is 24.7 Å².